The van der Waals surface area contributed by atoms with Gasteiger partial charge >= 0.3 is 0 Å². The van der Waals surface area contributed by atoms with E-state index in [-0.39, 0.29) is 10.6 Å². The minimum Gasteiger partial charge on any atom is -0.361 e. The number of aryl methyl sites for hydroxylation is 1. The van der Waals surface area contributed by atoms with E-state index in [1.807, 2.05) is 43.6 Å². The van der Waals surface area contributed by atoms with Gasteiger partial charge < -0.3 is 4.98 Å². The smallest absolute Gasteiger partial charge is 0.185 e. The zero-order valence-electron chi connectivity index (χ0n) is 16.3. The molecule has 0 amide bonds. The highest BCUT2D eigenvalue weighted by atomic mass is 35.5. The van der Waals surface area contributed by atoms with Gasteiger partial charge in [0.2, 0.25) is 0 Å². The molecular weight excluding hydrogens is 454 g/mol. The van der Waals surface area contributed by atoms with E-state index in [9.17, 15) is 8.42 Å². The fourth-order valence-electron chi connectivity index (χ4n) is 3.63. The first-order chi connectivity index (χ1) is 14.9. The van der Waals surface area contributed by atoms with Crippen molar-refractivity contribution in [2.45, 2.75) is 10.6 Å². The molecule has 0 atom stereocenters. The molecule has 0 aliphatic heterocycles. The summed E-state index contributed by atoms with van der Waals surface area (Å²) >= 11 is 7.37. The van der Waals surface area contributed by atoms with Crippen LogP contribution in [0.5, 0.6) is 0 Å². The lowest BCUT2D eigenvalue weighted by Gasteiger charge is -2.10. The maximum atomic E-state index is 12.8. The molecule has 0 unspecified atom stereocenters. The Bertz CT molecular complexity index is 1500. The Balaban J connectivity index is 1.60. The van der Waals surface area contributed by atoms with E-state index in [1.165, 1.54) is 6.33 Å². The Morgan fingerprint density at radius 3 is 2.71 bits per heavy atom. The maximum Gasteiger partial charge on any atom is 0.185 e. The fourth-order valence-corrected chi connectivity index (χ4v) is 5.93. The Labute approximate surface area is 187 Å². The Morgan fingerprint density at radius 1 is 1.10 bits per heavy atom. The van der Waals surface area contributed by atoms with Crippen LogP contribution >= 0.6 is 23.1 Å². The minimum atomic E-state index is -3.53. The van der Waals surface area contributed by atoms with Crippen molar-refractivity contribution < 1.29 is 8.42 Å². The average Bonchev–Trinajstić information content (AvgIpc) is 3.48. The van der Waals surface area contributed by atoms with Crippen LogP contribution < -0.4 is 0 Å². The zero-order valence-corrected chi connectivity index (χ0v) is 18.7. The fraction of sp³-hybridized carbons (Fsp3) is 0.0952. The molecule has 0 spiro atoms. The topological polar surface area (TPSA) is 93.5 Å². The van der Waals surface area contributed by atoms with Gasteiger partial charge in [-0.25, -0.2) is 13.4 Å². The van der Waals surface area contributed by atoms with Crippen LogP contribution in [0.2, 0.25) is 5.02 Å². The van der Waals surface area contributed by atoms with E-state index in [2.05, 4.69) is 19.4 Å². The molecular formula is C21H16ClN5O2S2. The minimum absolute atomic E-state index is 0.168. The summed E-state index contributed by atoms with van der Waals surface area (Å²) in [5.41, 5.74) is 4.54. The largest absolute Gasteiger partial charge is 0.361 e. The highest BCUT2D eigenvalue weighted by Crippen LogP contribution is 2.38. The molecule has 3 heterocycles. The van der Waals surface area contributed by atoms with Crippen molar-refractivity contribution >= 4 is 43.9 Å². The van der Waals surface area contributed by atoms with Gasteiger partial charge in [0.1, 0.15) is 17.1 Å². The second kappa shape index (κ2) is 7.60. The zero-order chi connectivity index (χ0) is 21.6. The van der Waals surface area contributed by atoms with Crippen LogP contribution in [0.25, 0.3) is 33.3 Å². The number of hydrogen-bond acceptors (Lipinski definition) is 6. The van der Waals surface area contributed by atoms with Crippen LogP contribution in [-0.2, 0) is 22.6 Å². The lowest BCUT2D eigenvalue weighted by atomic mass is 9.97. The standard InChI is InChI=1S/C21H16ClN5O2S2/c1-27-20(6-7-25-27)17-8-13(22)2-4-15(17)18-10-23-19-9-14(3-5-16(18)19)31(28,29)11-21-24-12-26-30-21/h2-10,12,23H,11H2,1H3. The third kappa shape index (κ3) is 3.65. The van der Waals surface area contributed by atoms with Gasteiger partial charge in [-0.15, -0.1) is 0 Å². The van der Waals surface area contributed by atoms with Gasteiger partial charge in [0.05, 0.1) is 10.6 Å². The molecule has 0 saturated carbocycles. The summed E-state index contributed by atoms with van der Waals surface area (Å²) in [7, 11) is -1.65. The molecule has 0 aliphatic carbocycles. The van der Waals surface area contributed by atoms with Gasteiger partial charge in [-0.05, 0) is 47.4 Å². The first kappa shape index (κ1) is 19.9. The van der Waals surface area contributed by atoms with Gasteiger partial charge in [-0.2, -0.15) is 9.47 Å². The third-order valence-electron chi connectivity index (χ3n) is 5.10. The van der Waals surface area contributed by atoms with Crippen LogP contribution in [0.1, 0.15) is 5.01 Å². The summed E-state index contributed by atoms with van der Waals surface area (Å²) in [6.45, 7) is 0. The van der Waals surface area contributed by atoms with Gasteiger partial charge in [-0.3, -0.25) is 4.68 Å². The van der Waals surface area contributed by atoms with E-state index in [1.54, 1.807) is 23.0 Å². The number of sulfone groups is 1. The van der Waals surface area contributed by atoms with Crippen LogP contribution in [-0.4, -0.2) is 32.5 Å². The molecule has 3 aromatic heterocycles. The molecule has 31 heavy (non-hydrogen) atoms. The molecule has 10 heteroatoms. The van der Waals surface area contributed by atoms with Gasteiger partial charge in [0.15, 0.2) is 9.84 Å². The predicted octanol–water partition coefficient (Wildman–Crippen LogP) is 4.71. The molecule has 0 aliphatic rings. The summed E-state index contributed by atoms with van der Waals surface area (Å²) in [6.07, 6.45) is 4.99. The molecule has 2 aromatic carbocycles. The van der Waals surface area contributed by atoms with Crippen LogP contribution in [0, 0.1) is 0 Å². The lowest BCUT2D eigenvalue weighted by molar-refractivity contribution is 0.595. The molecule has 7 nitrogen and oxygen atoms in total. The lowest BCUT2D eigenvalue weighted by Crippen LogP contribution is -2.04. The van der Waals surface area contributed by atoms with Crippen molar-refractivity contribution in [2.24, 2.45) is 7.05 Å². The van der Waals surface area contributed by atoms with E-state index in [0.717, 1.165) is 44.8 Å². The number of fused-ring (bicyclic) bond motifs is 1. The van der Waals surface area contributed by atoms with Crippen LogP contribution in [0.15, 0.2) is 66.1 Å². The normalized spacial score (nSPS) is 11.9. The summed E-state index contributed by atoms with van der Waals surface area (Å²) in [5, 5.41) is 6.28. The van der Waals surface area contributed by atoms with Gasteiger partial charge in [0, 0.05) is 46.5 Å². The first-order valence-corrected chi connectivity index (χ1v) is 12.1. The number of nitrogens with zero attached hydrogens (tertiary/aromatic N) is 4. The quantitative estimate of drug-likeness (QED) is 0.402. The molecule has 0 saturated heterocycles. The predicted molar refractivity (Wildman–Crippen MR) is 122 cm³/mol. The summed E-state index contributed by atoms with van der Waals surface area (Å²) in [4.78, 5) is 7.44. The molecule has 5 rings (SSSR count). The molecule has 0 fully saturated rings. The molecule has 0 bridgehead atoms. The summed E-state index contributed by atoms with van der Waals surface area (Å²) < 4.78 is 31.3. The number of H-pyrrole nitrogens is 1. The highest BCUT2D eigenvalue weighted by Gasteiger charge is 2.20. The molecule has 0 radical (unpaired) electrons. The second-order valence-corrected chi connectivity index (χ2v) is 10.3. The van der Waals surface area contributed by atoms with Crippen molar-refractivity contribution in [3.05, 3.63) is 71.2 Å². The van der Waals surface area contributed by atoms with E-state index < -0.39 is 9.84 Å². The molecule has 5 aromatic rings. The molecule has 156 valence electrons. The van der Waals surface area contributed by atoms with E-state index in [4.69, 9.17) is 11.6 Å². The number of hydrogen-bond donors (Lipinski definition) is 1. The third-order valence-corrected chi connectivity index (χ3v) is 7.81. The number of benzene rings is 2. The van der Waals surface area contributed by atoms with E-state index >= 15 is 0 Å². The van der Waals surface area contributed by atoms with Gasteiger partial charge in [-0.1, -0.05) is 23.7 Å². The van der Waals surface area contributed by atoms with Gasteiger partial charge in [0.25, 0.3) is 0 Å². The molecule has 1 N–H and O–H groups in total. The summed E-state index contributed by atoms with van der Waals surface area (Å²) in [6, 6.07) is 12.8. The number of aromatic amines is 1. The van der Waals surface area contributed by atoms with Crippen LogP contribution in [0.4, 0.5) is 0 Å². The number of rotatable bonds is 5. The van der Waals surface area contributed by atoms with Crippen molar-refractivity contribution in [2.75, 3.05) is 0 Å². The Morgan fingerprint density at radius 2 is 1.97 bits per heavy atom. The maximum absolute atomic E-state index is 12.8. The SMILES string of the molecule is Cn1nccc1-c1cc(Cl)ccc1-c1c[nH]c2cc(S(=O)(=O)Cc3ncns3)ccc12. The number of halogens is 1. The van der Waals surface area contributed by atoms with Crippen molar-refractivity contribution in [3.63, 3.8) is 0 Å². The monoisotopic (exact) mass is 469 g/mol. The van der Waals surface area contributed by atoms with E-state index in [0.29, 0.717) is 10.0 Å². The second-order valence-electron chi connectivity index (χ2n) is 7.03. The number of nitrogens with one attached hydrogen (secondary N) is 1. The highest BCUT2D eigenvalue weighted by molar-refractivity contribution is 7.90. The van der Waals surface area contributed by atoms with Crippen molar-refractivity contribution in [3.8, 4) is 22.4 Å². The van der Waals surface area contributed by atoms with Crippen LogP contribution in [0.3, 0.4) is 0 Å². The Kier molecular flexibility index (Phi) is 4.88. The average molecular weight is 470 g/mol. The first-order valence-electron chi connectivity index (χ1n) is 9.30. The number of aromatic nitrogens is 5. The van der Waals surface area contributed by atoms with Crippen molar-refractivity contribution in [1.82, 2.24) is 24.1 Å². The summed E-state index contributed by atoms with van der Waals surface area (Å²) in [5.74, 6) is -0.168. The van der Waals surface area contributed by atoms with Crippen molar-refractivity contribution in [1.29, 1.82) is 0 Å². The Hall–Kier alpha value is -3.01.